The van der Waals surface area contributed by atoms with Crippen LogP contribution in [0.15, 0.2) is 109 Å². The maximum Gasteiger partial charge on any atom is -0.00266 e. The van der Waals surface area contributed by atoms with Crippen LogP contribution in [-0.2, 0) is 0 Å². The molecule has 6 rings (SSSR count). The van der Waals surface area contributed by atoms with Gasteiger partial charge in [0.1, 0.15) is 0 Å². The zero-order chi connectivity index (χ0) is 26.2. The molecule has 0 unspecified atom stereocenters. The van der Waals surface area contributed by atoms with Crippen LogP contribution in [0.3, 0.4) is 0 Å². The van der Waals surface area contributed by atoms with E-state index in [1.165, 1.54) is 76.8 Å². The summed E-state index contributed by atoms with van der Waals surface area (Å²) in [7, 11) is 0. The molecule has 0 bridgehead atoms. The minimum Gasteiger partial charge on any atom is -0.0871 e. The van der Waals surface area contributed by atoms with Crippen molar-refractivity contribution in [3.63, 3.8) is 0 Å². The molecule has 6 aromatic carbocycles. The van der Waals surface area contributed by atoms with Crippen molar-refractivity contribution in [3.05, 3.63) is 131 Å². The van der Waals surface area contributed by atoms with Gasteiger partial charge in [0.25, 0.3) is 0 Å². The Kier molecular flexibility index (Phi) is 6.18. The second-order valence-corrected chi connectivity index (χ2v) is 10.1. The lowest BCUT2D eigenvalue weighted by atomic mass is 9.88. The van der Waals surface area contributed by atoms with Crippen LogP contribution in [0.25, 0.3) is 66.7 Å². The van der Waals surface area contributed by atoms with E-state index in [1.54, 1.807) is 0 Å². The predicted octanol–water partition coefficient (Wildman–Crippen LogP) is 11.2. The summed E-state index contributed by atoms with van der Waals surface area (Å²) < 4.78 is 0. The van der Waals surface area contributed by atoms with Crippen molar-refractivity contribution in [2.24, 2.45) is 0 Å². The van der Waals surface area contributed by atoms with Gasteiger partial charge in [-0.15, -0.1) is 0 Å². The summed E-state index contributed by atoms with van der Waals surface area (Å²) in [6, 6.07) is 35.9. The molecule has 184 valence electrons. The summed E-state index contributed by atoms with van der Waals surface area (Å²) in [6.45, 7) is 8.63. The Morgan fingerprint density at radius 2 is 1.11 bits per heavy atom. The van der Waals surface area contributed by atoms with Crippen LogP contribution < -0.4 is 0 Å². The normalized spacial score (nSPS) is 12.0. The molecular formula is C38H32. The summed E-state index contributed by atoms with van der Waals surface area (Å²) in [5.41, 5.74) is 10.3. The molecular weight excluding hydrogens is 456 g/mol. The molecule has 0 heteroatoms. The number of fused-ring (bicyclic) bond motifs is 5. The van der Waals surface area contributed by atoms with E-state index < -0.39 is 0 Å². The summed E-state index contributed by atoms with van der Waals surface area (Å²) >= 11 is 0. The highest BCUT2D eigenvalue weighted by molar-refractivity contribution is 6.20. The maximum absolute atomic E-state index is 2.37. The van der Waals surface area contributed by atoms with Crippen LogP contribution in [0.1, 0.15) is 36.1 Å². The molecule has 0 saturated carbocycles. The zero-order valence-corrected chi connectivity index (χ0v) is 22.5. The minimum absolute atomic E-state index is 1.23. The third-order valence-corrected chi connectivity index (χ3v) is 7.92. The molecule has 0 aliphatic rings. The van der Waals surface area contributed by atoms with Crippen molar-refractivity contribution in [1.29, 1.82) is 0 Å². The fourth-order valence-corrected chi connectivity index (χ4v) is 5.78. The van der Waals surface area contributed by atoms with Gasteiger partial charge in [-0.1, -0.05) is 109 Å². The molecule has 38 heavy (non-hydrogen) atoms. The molecule has 0 aliphatic heterocycles. The fourth-order valence-electron chi connectivity index (χ4n) is 5.78. The molecule has 0 N–H and O–H groups in total. The van der Waals surface area contributed by atoms with Gasteiger partial charge in [0.15, 0.2) is 0 Å². The fraction of sp³-hybridized carbons (Fsp3) is 0.105. The monoisotopic (exact) mass is 488 g/mol. The standard InChI is InChI=1S/C38H32/c1-5-9-32-23-36(34(10-6-2)26(4)25(32)3)29-15-13-27(14-16-29)33-22-19-30-18-21-31-20-17-28-11-7-8-12-35(28)38(31)37(30)24-33/h5-24H,1-4H3/b9-5-,10-6-. The number of hydrogen-bond donors (Lipinski definition) is 0. The smallest absolute Gasteiger partial charge is 0.00266 e. The van der Waals surface area contributed by atoms with Crippen molar-refractivity contribution in [2.45, 2.75) is 27.7 Å². The van der Waals surface area contributed by atoms with Crippen LogP contribution in [0.2, 0.25) is 0 Å². The first-order valence-electron chi connectivity index (χ1n) is 13.4. The largest absolute Gasteiger partial charge is 0.0871 e. The van der Waals surface area contributed by atoms with Gasteiger partial charge in [0.05, 0.1) is 0 Å². The van der Waals surface area contributed by atoms with Crippen molar-refractivity contribution in [3.8, 4) is 22.3 Å². The topological polar surface area (TPSA) is 0 Å². The van der Waals surface area contributed by atoms with Crippen molar-refractivity contribution in [2.75, 3.05) is 0 Å². The molecule has 0 spiro atoms. The van der Waals surface area contributed by atoms with Crippen LogP contribution in [0.4, 0.5) is 0 Å². The molecule has 0 nitrogen and oxygen atoms in total. The first-order chi connectivity index (χ1) is 18.6. The second kappa shape index (κ2) is 9.80. The van der Waals surface area contributed by atoms with Gasteiger partial charge >= 0.3 is 0 Å². The van der Waals surface area contributed by atoms with E-state index in [0.29, 0.717) is 0 Å². The van der Waals surface area contributed by atoms with Gasteiger partial charge < -0.3 is 0 Å². The van der Waals surface area contributed by atoms with Crippen LogP contribution in [0, 0.1) is 13.8 Å². The summed E-state index contributed by atoms with van der Waals surface area (Å²) in [4.78, 5) is 0. The van der Waals surface area contributed by atoms with Crippen molar-refractivity contribution >= 4 is 44.5 Å². The highest BCUT2D eigenvalue weighted by Gasteiger charge is 2.12. The summed E-state index contributed by atoms with van der Waals surface area (Å²) in [6.07, 6.45) is 8.71. The van der Waals surface area contributed by atoms with Crippen LogP contribution in [-0.4, -0.2) is 0 Å². The lowest BCUT2D eigenvalue weighted by Crippen LogP contribution is -1.95. The molecule has 0 aliphatic carbocycles. The number of rotatable bonds is 4. The lowest BCUT2D eigenvalue weighted by molar-refractivity contribution is 1.31. The van der Waals surface area contributed by atoms with Crippen molar-refractivity contribution < 1.29 is 0 Å². The Labute approximate surface area is 225 Å². The average molecular weight is 489 g/mol. The lowest BCUT2D eigenvalue weighted by Gasteiger charge is -2.16. The number of benzene rings is 6. The van der Waals surface area contributed by atoms with Gasteiger partial charge in [-0.3, -0.25) is 0 Å². The Balaban J connectivity index is 1.49. The molecule has 0 radical (unpaired) electrons. The van der Waals surface area contributed by atoms with Gasteiger partial charge in [-0.05, 0) is 117 Å². The Morgan fingerprint density at radius 3 is 1.84 bits per heavy atom. The second-order valence-electron chi connectivity index (χ2n) is 10.1. The van der Waals surface area contributed by atoms with E-state index in [0.717, 1.165) is 0 Å². The quantitative estimate of drug-likeness (QED) is 0.216. The first-order valence-corrected chi connectivity index (χ1v) is 13.4. The third-order valence-electron chi connectivity index (χ3n) is 7.92. The van der Waals surface area contributed by atoms with Crippen LogP contribution in [0.5, 0.6) is 0 Å². The van der Waals surface area contributed by atoms with E-state index >= 15 is 0 Å². The Bertz CT molecular complexity index is 1870. The molecule has 0 heterocycles. The zero-order valence-electron chi connectivity index (χ0n) is 22.5. The van der Waals surface area contributed by atoms with E-state index in [4.69, 9.17) is 0 Å². The van der Waals surface area contributed by atoms with Gasteiger partial charge in [0, 0.05) is 0 Å². The maximum atomic E-state index is 2.37. The molecule has 0 atom stereocenters. The third kappa shape index (κ3) is 4.03. The number of hydrogen-bond acceptors (Lipinski definition) is 0. The average Bonchev–Trinajstić information content (AvgIpc) is 2.96. The van der Waals surface area contributed by atoms with E-state index in [2.05, 4.69) is 149 Å². The van der Waals surface area contributed by atoms with Crippen LogP contribution >= 0.6 is 0 Å². The molecule has 0 saturated heterocycles. The summed E-state index contributed by atoms with van der Waals surface area (Å²) in [5, 5.41) is 7.79. The van der Waals surface area contributed by atoms with Gasteiger partial charge in [0.2, 0.25) is 0 Å². The Hall–Kier alpha value is -4.42. The summed E-state index contributed by atoms with van der Waals surface area (Å²) in [5.74, 6) is 0. The molecule has 0 amide bonds. The van der Waals surface area contributed by atoms with E-state index in [9.17, 15) is 0 Å². The number of allylic oxidation sites excluding steroid dienone is 2. The minimum atomic E-state index is 1.23. The van der Waals surface area contributed by atoms with Gasteiger partial charge in [-0.2, -0.15) is 0 Å². The Morgan fingerprint density at radius 1 is 0.500 bits per heavy atom. The SMILES string of the molecule is C/C=C\c1cc(-c2ccc(-c3ccc4ccc5ccc6ccccc6c5c4c3)cc2)c(/C=C\C)c(C)c1C. The highest BCUT2D eigenvalue weighted by Crippen LogP contribution is 2.36. The van der Waals surface area contributed by atoms with Gasteiger partial charge in [-0.25, -0.2) is 0 Å². The predicted molar refractivity (Wildman–Crippen MR) is 169 cm³/mol. The molecule has 0 aromatic heterocycles. The molecule has 6 aromatic rings. The van der Waals surface area contributed by atoms with E-state index in [1.807, 2.05) is 0 Å². The van der Waals surface area contributed by atoms with E-state index in [-0.39, 0.29) is 0 Å². The molecule has 0 fully saturated rings. The van der Waals surface area contributed by atoms with Crippen molar-refractivity contribution in [1.82, 2.24) is 0 Å². The highest BCUT2D eigenvalue weighted by atomic mass is 14.2. The first kappa shape index (κ1) is 23.9.